The number of hydrogen-bond acceptors (Lipinski definition) is 5. The third-order valence-corrected chi connectivity index (χ3v) is 11.8. The van der Waals surface area contributed by atoms with Crippen molar-refractivity contribution in [2.75, 3.05) is 6.61 Å². The molecule has 0 aromatic carbocycles. The van der Waals surface area contributed by atoms with Crippen molar-refractivity contribution in [3.05, 3.63) is 6.92 Å². The monoisotopic (exact) mass is 273 g/mol. The van der Waals surface area contributed by atoms with Gasteiger partial charge in [-0.2, -0.15) is 0 Å². The van der Waals surface area contributed by atoms with E-state index in [4.69, 9.17) is 4.43 Å². The van der Waals surface area contributed by atoms with Crippen LogP contribution in [0.25, 0.3) is 0 Å². The van der Waals surface area contributed by atoms with E-state index in [0.29, 0.717) is 4.87 Å². The molecular weight excluding hydrogens is 256 g/mol. The van der Waals surface area contributed by atoms with Gasteiger partial charge >= 0.3 is 0 Å². The molecule has 79 valence electrons. The molecule has 6 heteroatoms. The molecule has 1 radical (unpaired) electrons. The van der Waals surface area contributed by atoms with E-state index in [1.165, 1.54) is 9.83 Å². The van der Waals surface area contributed by atoms with Crippen LogP contribution in [0.4, 0.5) is 0 Å². The van der Waals surface area contributed by atoms with Gasteiger partial charge < -0.3 is 4.43 Å². The second kappa shape index (κ2) is 7.82. The standard InChI is InChI=1S/C7H17OS4Si/c1-5-7(10-12-11-9)13(3,4)8-6-2/h7,9H,1,5-6H2,2-4H3. The fourth-order valence-electron chi connectivity index (χ4n) is 1.04. The van der Waals surface area contributed by atoms with Gasteiger partial charge in [0.1, 0.15) is 0 Å². The van der Waals surface area contributed by atoms with Gasteiger partial charge in [-0.3, -0.25) is 0 Å². The average molecular weight is 274 g/mol. The van der Waals surface area contributed by atoms with Crippen LogP contribution in [0.1, 0.15) is 13.3 Å². The van der Waals surface area contributed by atoms with E-state index in [9.17, 15) is 0 Å². The van der Waals surface area contributed by atoms with Crippen LogP contribution in [0.2, 0.25) is 13.1 Å². The lowest BCUT2D eigenvalue weighted by atomic mass is 10.6. The molecule has 0 aliphatic carbocycles. The van der Waals surface area contributed by atoms with Crippen molar-refractivity contribution in [3.63, 3.8) is 0 Å². The minimum atomic E-state index is -1.54. The van der Waals surface area contributed by atoms with Crippen molar-refractivity contribution >= 4 is 50.4 Å². The molecule has 0 amide bonds. The van der Waals surface area contributed by atoms with Gasteiger partial charge in [0, 0.05) is 11.5 Å². The van der Waals surface area contributed by atoms with Crippen molar-refractivity contribution in [1.29, 1.82) is 0 Å². The summed E-state index contributed by atoms with van der Waals surface area (Å²) in [5.74, 6) is 0. The Labute approximate surface area is 99.3 Å². The highest BCUT2D eigenvalue weighted by Gasteiger charge is 2.32. The smallest absolute Gasteiger partial charge is 0.200 e. The van der Waals surface area contributed by atoms with E-state index >= 15 is 0 Å². The zero-order valence-electron chi connectivity index (χ0n) is 8.28. The lowest BCUT2D eigenvalue weighted by Crippen LogP contribution is -2.42. The lowest BCUT2D eigenvalue weighted by Gasteiger charge is -2.29. The van der Waals surface area contributed by atoms with Gasteiger partial charge in [-0.25, -0.2) is 0 Å². The van der Waals surface area contributed by atoms with Crippen LogP contribution < -0.4 is 0 Å². The van der Waals surface area contributed by atoms with Crippen LogP contribution in [0, 0.1) is 6.92 Å². The predicted molar refractivity (Wildman–Crippen MR) is 74.6 cm³/mol. The summed E-state index contributed by atoms with van der Waals surface area (Å²) in [5.41, 5.74) is 0. The predicted octanol–water partition coefficient (Wildman–Crippen LogP) is 4.23. The Morgan fingerprint density at radius 1 is 1.54 bits per heavy atom. The highest BCUT2D eigenvalue weighted by molar-refractivity contribution is 9.24. The van der Waals surface area contributed by atoms with Crippen molar-refractivity contribution in [3.8, 4) is 0 Å². The van der Waals surface area contributed by atoms with E-state index in [-0.39, 0.29) is 0 Å². The lowest BCUT2D eigenvalue weighted by molar-refractivity contribution is 0.327. The van der Waals surface area contributed by atoms with Gasteiger partial charge in [0.25, 0.3) is 0 Å². The topological polar surface area (TPSA) is 9.23 Å². The first-order valence-corrected chi connectivity index (χ1v) is 11.7. The quantitative estimate of drug-likeness (QED) is 0.422. The molecular formula is C7H17OS4Si. The van der Waals surface area contributed by atoms with Crippen molar-refractivity contribution < 1.29 is 4.43 Å². The zero-order valence-corrected chi connectivity index (χ0v) is 12.6. The molecule has 1 nitrogen and oxygen atoms in total. The molecule has 0 aromatic heterocycles. The van der Waals surface area contributed by atoms with Gasteiger partial charge in [-0.15, -0.1) is 0 Å². The second-order valence-electron chi connectivity index (χ2n) is 3.05. The van der Waals surface area contributed by atoms with E-state index < -0.39 is 8.32 Å². The van der Waals surface area contributed by atoms with Crippen molar-refractivity contribution in [2.45, 2.75) is 31.3 Å². The van der Waals surface area contributed by atoms with Crippen LogP contribution in [-0.2, 0) is 4.43 Å². The number of rotatable bonds is 7. The minimum absolute atomic E-state index is 0.553. The highest BCUT2D eigenvalue weighted by atomic mass is 33.7. The molecule has 13 heavy (non-hydrogen) atoms. The second-order valence-corrected chi connectivity index (χ2v) is 12.7. The Kier molecular flexibility index (Phi) is 8.76. The molecule has 0 aliphatic heterocycles. The van der Waals surface area contributed by atoms with Crippen LogP contribution in [0.3, 0.4) is 0 Å². The largest absolute Gasteiger partial charge is 0.417 e. The van der Waals surface area contributed by atoms with Gasteiger partial charge in [-0.05, 0) is 46.1 Å². The maximum Gasteiger partial charge on any atom is 0.200 e. The van der Waals surface area contributed by atoms with Gasteiger partial charge in [0.05, 0.1) is 0 Å². The van der Waals surface area contributed by atoms with Gasteiger partial charge in [0.2, 0.25) is 0 Å². The van der Waals surface area contributed by atoms with Gasteiger partial charge in [-0.1, -0.05) is 29.4 Å². The first kappa shape index (κ1) is 14.6. The molecule has 0 fully saturated rings. The van der Waals surface area contributed by atoms with E-state index in [1.54, 1.807) is 9.83 Å². The Morgan fingerprint density at radius 2 is 2.15 bits per heavy atom. The number of hydrogen-bond donors (Lipinski definition) is 1. The Balaban J connectivity index is 4.02. The molecule has 0 aromatic rings. The number of thiol groups is 1. The summed E-state index contributed by atoms with van der Waals surface area (Å²) in [4.78, 5) is 0.553. The molecule has 0 rings (SSSR count). The first-order chi connectivity index (χ1) is 6.08. The third-order valence-electron chi connectivity index (χ3n) is 1.74. The summed E-state index contributed by atoms with van der Waals surface area (Å²) in [6, 6.07) is 0. The van der Waals surface area contributed by atoms with E-state index in [0.717, 1.165) is 13.0 Å². The molecule has 0 spiro atoms. The summed E-state index contributed by atoms with van der Waals surface area (Å²) in [6.07, 6.45) is 0.936. The summed E-state index contributed by atoms with van der Waals surface area (Å²) in [5, 5.41) is 0. The molecule has 1 unspecified atom stereocenters. The van der Waals surface area contributed by atoms with Gasteiger partial charge in [0.15, 0.2) is 8.32 Å². The Bertz CT molecular complexity index is 134. The molecule has 0 N–H and O–H groups in total. The summed E-state index contributed by atoms with van der Waals surface area (Å²) in [7, 11) is 3.51. The van der Waals surface area contributed by atoms with Crippen LogP contribution >= 0.6 is 42.1 Å². The van der Waals surface area contributed by atoms with Crippen LogP contribution in [-0.4, -0.2) is 19.8 Å². The first-order valence-electron chi connectivity index (χ1n) is 4.15. The van der Waals surface area contributed by atoms with Crippen molar-refractivity contribution in [2.24, 2.45) is 0 Å². The SMILES string of the molecule is [CH2]CC(SSSS)[Si](C)(C)OCC. The maximum atomic E-state index is 5.81. The van der Waals surface area contributed by atoms with Crippen LogP contribution in [0.5, 0.6) is 0 Å². The minimum Gasteiger partial charge on any atom is -0.417 e. The third kappa shape index (κ3) is 5.89. The maximum absolute atomic E-state index is 5.81. The fourth-order valence-corrected chi connectivity index (χ4v) is 9.97. The zero-order chi connectivity index (χ0) is 10.3. The fraction of sp³-hybridized carbons (Fsp3) is 0.857. The molecule has 0 aliphatic rings. The van der Waals surface area contributed by atoms with Crippen LogP contribution in [0.15, 0.2) is 0 Å². The average Bonchev–Trinajstić information content (AvgIpc) is 2.05. The molecule has 0 bridgehead atoms. The Morgan fingerprint density at radius 3 is 2.54 bits per heavy atom. The van der Waals surface area contributed by atoms with Crippen molar-refractivity contribution in [1.82, 2.24) is 0 Å². The highest BCUT2D eigenvalue weighted by Crippen LogP contribution is 2.43. The summed E-state index contributed by atoms with van der Waals surface area (Å²) in [6.45, 7) is 11.4. The summed E-state index contributed by atoms with van der Waals surface area (Å²) < 4.78 is 5.81. The van der Waals surface area contributed by atoms with E-state index in [1.807, 2.05) is 10.8 Å². The molecule has 0 saturated heterocycles. The molecule has 0 heterocycles. The summed E-state index contributed by atoms with van der Waals surface area (Å²) >= 11 is 4.09. The normalized spacial score (nSPS) is 14.5. The molecule has 0 saturated carbocycles. The van der Waals surface area contributed by atoms with E-state index in [2.05, 4.69) is 38.6 Å². The molecule has 1 atom stereocenters. The Hall–Kier alpha value is 1.58.